The summed E-state index contributed by atoms with van der Waals surface area (Å²) < 4.78 is 27.2. The number of hydrogen-bond acceptors (Lipinski definition) is 3. The van der Waals surface area contributed by atoms with Crippen LogP contribution in [0.15, 0.2) is 36.4 Å². The summed E-state index contributed by atoms with van der Waals surface area (Å²) in [6.07, 6.45) is 0. The van der Waals surface area contributed by atoms with Crippen LogP contribution in [-0.2, 0) is 0 Å². The van der Waals surface area contributed by atoms with Gasteiger partial charge in [0.25, 0.3) is 5.91 Å². The average Bonchev–Trinajstić information content (AvgIpc) is 2.47. The van der Waals surface area contributed by atoms with Crippen LogP contribution in [0, 0.1) is 23.0 Å². The first-order chi connectivity index (χ1) is 10.1. The molecule has 2 aromatic rings. The quantitative estimate of drug-likeness (QED) is 0.911. The third-order valence-corrected chi connectivity index (χ3v) is 2.85. The summed E-state index contributed by atoms with van der Waals surface area (Å²) in [4.78, 5) is 12.0. The van der Waals surface area contributed by atoms with Crippen molar-refractivity contribution in [2.24, 2.45) is 0 Å². The Kier molecular flexibility index (Phi) is 4.14. The highest BCUT2D eigenvalue weighted by atomic mass is 19.1. The molecule has 2 aromatic carbocycles. The largest absolute Gasteiger partial charge is 0.383 e. The summed E-state index contributed by atoms with van der Waals surface area (Å²) in [5, 5.41) is 13.8. The maximum atomic E-state index is 13.6. The van der Waals surface area contributed by atoms with Crippen LogP contribution >= 0.6 is 0 Å². The molecule has 0 saturated carbocycles. The molecule has 2 N–H and O–H groups in total. The van der Waals surface area contributed by atoms with E-state index < -0.39 is 17.5 Å². The number of nitrogens with one attached hydrogen (secondary N) is 2. The second kappa shape index (κ2) is 6.01. The fraction of sp³-hybridized carbons (Fsp3) is 0.0667. The summed E-state index contributed by atoms with van der Waals surface area (Å²) >= 11 is 0. The molecule has 0 aromatic heterocycles. The molecule has 0 aliphatic heterocycles. The molecule has 2 rings (SSSR count). The molecule has 1 amide bonds. The lowest BCUT2D eigenvalue weighted by Gasteiger charge is -2.09. The number of hydrogen-bond donors (Lipinski definition) is 2. The topological polar surface area (TPSA) is 64.9 Å². The van der Waals surface area contributed by atoms with Gasteiger partial charge in [-0.15, -0.1) is 0 Å². The molecule has 0 saturated heterocycles. The second-order valence-corrected chi connectivity index (χ2v) is 4.18. The van der Waals surface area contributed by atoms with Crippen LogP contribution < -0.4 is 10.6 Å². The standard InChI is InChI=1S/C15H11F2N3O/c1-19-14-11(16)6-10(7-12(14)17)15(21)20-13-5-3-2-4-9(13)8-18/h2-7,19H,1H3,(H,20,21). The normalized spacial score (nSPS) is 9.81. The number of amides is 1. The molecule has 21 heavy (non-hydrogen) atoms. The summed E-state index contributed by atoms with van der Waals surface area (Å²) in [5.41, 5.74) is 0.0721. The minimum absolute atomic E-state index is 0.170. The fourth-order valence-electron chi connectivity index (χ4n) is 1.83. The van der Waals surface area contributed by atoms with E-state index in [0.29, 0.717) is 0 Å². The molecule has 0 unspecified atom stereocenters. The van der Waals surface area contributed by atoms with Gasteiger partial charge in [-0.05, 0) is 24.3 Å². The lowest BCUT2D eigenvalue weighted by atomic mass is 10.1. The summed E-state index contributed by atoms with van der Waals surface area (Å²) in [6, 6.07) is 10.1. The van der Waals surface area contributed by atoms with Crippen molar-refractivity contribution < 1.29 is 13.6 Å². The first kappa shape index (κ1) is 14.5. The van der Waals surface area contributed by atoms with Crippen LogP contribution in [0.25, 0.3) is 0 Å². The highest BCUT2D eigenvalue weighted by Crippen LogP contribution is 2.21. The Labute approximate surface area is 120 Å². The van der Waals surface area contributed by atoms with E-state index in [0.717, 1.165) is 12.1 Å². The van der Waals surface area contributed by atoms with Crippen LogP contribution in [0.1, 0.15) is 15.9 Å². The number of halogens is 2. The van der Waals surface area contributed by atoms with Crippen LogP contribution in [0.2, 0.25) is 0 Å². The Hall–Kier alpha value is -2.94. The number of anilines is 2. The number of benzene rings is 2. The van der Waals surface area contributed by atoms with E-state index in [1.807, 2.05) is 6.07 Å². The van der Waals surface area contributed by atoms with Gasteiger partial charge in [0, 0.05) is 12.6 Å². The van der Waals surface area contributed by atoms with E-state index in [4.69, 9.17) is 5.26 Å². The van der Waals surface area contributed by atoms with Crippen molar-refractivity contribution in [1.82, 2.24) is 0 Å². The van der Waals surface area contributed by atoms with Crippen molar-refractivity contribution in [3.63, 3.8) is 0 Å². The van der Waals surface area contributed by atoms with E-state index in [2.05, 4.69) is 10.6 Å². The number of rotatable bonds is 3. The Morgan fingerprint density at radius 1 is 1.19 bits per heavy atom. The number of nitrogens with zero attached hydrogens (tertiary/aromatic N) is 1. The van der Waals surface area contributed by atoms with Crippen LogP contribution in [0.3, 0.4) is 0 Å². The molecular weight excluding hydrogens is 276 g/mol. The van der Waals surface area contributed by atoms with E-state index in [1.165, 1.54) is 19.2 Å². The molecule has 106 valence electrons. The lowest BCUT2D eigenvalue weighted by molar-refractivity contribution is 0.102. The van der Waals surface area contributed by atoms with Crippen molar-refractivity contribution >= 4 is 17.3 Å². The zero-order valence-corrected chi connectivity index (χ0v) is 11.1. The smallest absolute Gasteiger partial charge is 0.255 e. The van der Waals surface area contributed by atoms with Gasteiger partial charge in [0.15, 0.2) is 0 Å². The lowest BCUT2D eigenvalue weighted by Crippen LogP contribution is -2.14. The van der Waals surface area contributed by atoms with E-state index in [1.54, 1.807) is 12.1 Å². The number of carbonyl (C=O) groups excluding carboxylic acids is 1. The second-order valence-electron chi connectivity index (χ2n) is 4.18. The average molecular weight is 287 g/mol. The molecule has 0 spiro atoms. The molecule has 6 heteroatoms. The van der Waals surface area contributed by atoms with Gasteiger partial charge in [-0.2, -0.15) is 5.26 Å². The van der Waals surface area contributed by atoms with Crippen LogP contribution in [0.4, 0.5) is 20.2 Å². The summed E-state index contributed by atoms with van der Waals surface area (Å²) in [7, 11) is 1.38. The number of nitriles is 1. The van der Waals surface area contributed by atoms with Gasteiger partial charge in [-0.3, -0.25) is 4.79 Å². The van der Waals surface area contributed by atoms with E-state index in [-0.39, 0.29) is 22.5 Å². The zero-order chi connectivity index (χ0) is 15.4. The molecule has 4 nitrogen and oxygen atoms in total. The monoisotopic (exact) mass is 287 g/mol. The maximum Gasteiger partial charge on any atom is 0.255 e. The minimum atomic E-state index is -0.865. The maximum absolute atomic E-state index is 13.6. The first-order valence-electron chi connectivity index (χ1n) is 6.04. The van der Waals surface area contributed by atoms with Crippen LogP contribution in [0.5, 0.6) is 0 Å². The number of carbonyl (C=O) groups is 1. The third-order valence-electron chi connectivity index (χ3n) is 2.85. The van der Waals surface area contributed by atoms with Gasteiger partial charge in [0.2, 0.25) is 0 Å². The Balaban J connectivity index is 2.31. The van der Waals surface area contributed by atoms with E-state index >= 15 is 0 Å². The van der Waals surface area contributed by atoms with Crippen molar-refractivity contribution in [2.75, 3.05) is 17.7 Å². The predicted octanol–water partition coefficient (Wildman–Crippen LogP) is 3.13. The molecule has 0 aliphatic rings. The highest BCUT2D eigenvalue weighted by molar-refractivity contribution is 6.05. The zero-order valence-electron chi connectivity index (χ0n) is 11.1. The highest BCUT2D eigenvalue weighted by Gasteiger charge is 2.15. The molecule has 0 radical (unpaired) electrons. The Bertz CT molecular complexity index is 715. The molecule has 0 fully saturated rings. The predicted molar refractivity (Wildman–Crippen MR) is 75.0 cm³/mol. The first-order valence-corrected chi connectivity index (χ1v) is 6.04. The fourth-order valence-corrected chi connectivity index (χ4v) is 1.83. The SMILES string of the molecule is CNc1c(F)cc(C(=O)Nc2ccccc2C#N)cc1F. The molecular formula is C15H11F2N3O. The summed E-state index contributed by atoms with van der Waals surface area (Å²) in [5.74, 6) is -2.43. The van der Waals surface area contributed by atoms with Gasteiger partial charge in [-0.25, -0.2) is 8.78 Å². The van der Waals surface area contributed by atoms with Crippen molar-refractivity contribution in [3.8, 4) is 6.07 Å². The van der Waals surface area contributed by atoms with Gasteiger partial charge in [0.1, 0.15) is 23.4 Å². The summed E-state index contributed by atoms with van der Waals surface area (Å²) in [6.45, 7) is 0. The van der Waals surface area contributed by atoms with Gasteiger partial charge in [0.05, 0.1) is 11.3 Å². The minimum Gasteiger partial charge on any atom is -0.383 e. The van der Waals surface area contributed by atoms with E-state index in [9.17, 15) is 13.6 Å². The van der Waals surface area contributed by atoms with Crippen molar-refractivity contribution in [2.45, 2.75) is 0 Å². The van der Waals surface area contributed by atoms with Crippen LogP contribution in [-0.4, -0.2) is 13.0 Å². The molecule has 0 atom stereocenters. The van der Waals surface area contributed by atoms with Gasteiger partial charge in [-0.1, -0.05) is 12.1 Å². The van der Waals surface area contributed by atoms with Crippen molar-refractivity contribution in [3.05, 3.63) is 59.2 Å². The van der Waals surface area contributed by atoms with Gasteiger partial charge >= 0.3 is 0 Å². The number of para-hydroxylation sites is 1. The Morgan fingerprint density at radius 2 is 1.81 bits per heavy atom. The Morgan fingerprint density at radius 3 is 2.38 bits per heavy atom. The third kappa shape index (κ3) is 2.98. The molecule has 0 bridgehead atoms. The molecule has 0 heterocycles. The molecule has 0 aliphatic carbocycles. The van der Waals surface area contributed by atoms with Crippen molar-refractivity contribution in [1.29, 1.82) is 5.26 Å². The van der Waals surface area contributed by atoms with Gasteiger partial charge < -0.3 is 10.6 Å².